The van der Waals surface area contributed by atoms with Crippen LogP contribution in [0.15, 0.2) is 0 Å². The maximum Gasteiger partial charge on any atom is 0.661 e. The predicted octanol–water partition coefficient (Wildman–Crippen LogP) is 8.07. The highest BCUT2D eigenvalue weighted by Gasteiger charge is 2.92. The Balaban J connectivity index is 2.15. The summed E-state index contributed by atoms with van der Waals surface area (Å²) in [5.41, 5.74) is 0. The van der Waals surface area contributed by atoms with Gasteiger partial charge in [-0.3, -0.25) is 0 Å². The fraction of sp³-hybridized carbons (Fsp3) is 1.00. The molecule has 36 nitrogen and oxygen atoms in total. The second-order valence-electron chi connectivity index (χ2n) is 29.1. The summed E-state index contributed by atoms with van der Waals surface area (Å²) in [4.78, 5) is 0. The van der Waals surface area contributed by atoms with Crippen molar-refractivity contribution in [1.29, 1.82) is 0 Å². The van der Waals surface area contributed by atoms with Crippen molar-refractivity contribution < 1.29 is 155 Å². The lowest BCUT2D eigenvalue weighted by Crippen LogP contribution is -2.92. The summed E-state index contributed by atoms with van der Waals surface area (Å²) in [6, 6.07) is 2.50. The van der Waals surface area contributed by atoms with Gasteiger partial charge in [-0.05, 0) is 198 Å². The lowest BCUT2D eigenvalue weighted by Gasteiger charge is -2.60. The smallest absolute Gasteiger partial charge is 0.401 e. The van der Waals surface area contributed by atoms with Crippen LogP contribution in [0.25, 0.3) is 0 Å². The summed E-state index contributed by atoms with van der Waals surface area (Å²) in [6.45, 7) is 51.1. The Morgan fingerprint density at radius 1 is 0.248 bits per heavy atom. The molecule has 8 bridgehead atoms. The average Bonchev–Trinajstić information content (AvgIpc) is 0.680. The van der Waals surface area contributed by atoms with Crippen LogP contribution in [0, 0.1) is 0 Å². The van der Waals surface area contributed by atoms with Crippen LogP contribution >= 0.6 is 0 Å². The van der Waals surface area contributed by atoms with Gasteiger partial charge in [-0.1, -0.05) is 6.55 Å². The maximum atomic E-state index is 9.97. The Bertz CT molecular complexity index is 2600. The SMILES string of the molecule is CCO[Si](CC[Si](C)(C)O[Si]12O[Si]3(OC)O[Si]4(O[SiH2]C)O[Si]5(O[Si](C)(C)CCOCCO)O[Si](O[Si](C)(C)CCOCCO)(O3)O[Si](O[Si](C)(C)CC[Si](OCC)(OCC)OCC)(O1)O[Si](O[Si](C)(C)CC[Si](OCC)(OCC)OCC)(O5)O[Si](O[Si](C)(C)CC[Si](OCC)(OCC)OCC)(O4)O2)(OCC)OCC. The first-order valence-electron chi connectivity index (χ1n) is 38.9. The number of rotatable bonds is 61. The molecule has 0 saturated carbocycles. The van der Waals surface area contributed by atoms with Crippen LogP contribution in [0.5, 0.6) is 0 Å². The van der Waals surface area contributed by atoms with Crippen molar-refractivity contribution in [3.8, 4) is 0 Å². The van der Waals surface area contributed by atoms with E-state index in [0.29, 0.717) is 59.5 Å². The van der Waals surface area contributed by atoms with Crippen LogP contribution < -0.4 is 0 Å². The van der Waals surface area contributed by atoms with Crippen LogP contribution in [-0.4, -0.2) is 304 Å². The first kappa shape index (κ1) is 102. The van der Waals surface area contributed by atoms with Gasteiger partial charge in [-0.15, -0.1) is 0 Å². The van der Waals surface area contributed by atoms with Gasteiger partial charge in [0.15, 0.2) is 59.7 Å². The highest BCUT2D eigenvalue weighted by Crippen LogP contribution is 2.54. The molecular weight excluding hydrogens is 1760 g/mol. The van der Waals surface area contributed by atoms with E-state index in [1.165, 1.54) is 7.11 Å². The van der Waals surface area contributed by atoms with E-state index in [1.54, 1.807) is 0 Å². The van der Waals surface area contributed by atoms with Crippen molar-refractivity contribution in [3.05, 3.63) is 0 Å². The molecule has 6 heterocycles. The standard InChI is InChI=1S/C54H138O36Si19/c1-27-60-98(61-28-2,62-29-3)51-47-94(19,20)75-105-81-102(57-13)79-103(72-91-14)82-106(74-93(17,18)46-44-59-42-40-56)84-104(80-102,73-92(15,16)45-43-58-41-39-55)86-108(87-105,77-96(23,24)49-53-100(66-33-7,67-34-8)68-35-9)90-109(88-106,78-97(25,26)50-54-101(69-36-10,70-37-11)71-38-12)89-107(83-103,85-105)76-95(21,22)48-52-99(63-30-4,64-31-5)65-32-6/h55-56H,27-54,91H2,1-26H3. The molecule has 2 N–H and O–H groups in total. The quantitative estimate of drug-likeness (QED) is 0.0429. The van der Waals surface area contributed by atoms with Crippen molar-refractivity contribution >= 4 is 167 Å². The largest absolute Gasteiger partial charge is 0.661 e. The molecular formula is C54H138O36Si19. The van der Waals surface area contributed by atoms with Crippen LogP contribution in [0.3, 0.4) is 0 Å². The molecule has 8 unspecified atom stereocenters. The lowest BCUT2D eigenvalue weighted by molar-refractivity contribution is -0.133. The van der Waals surface area contributed by atoms with Gasteiger partial charge >= 0.3 is 108 Å². The molecule has 0 spiro atoms. The number of hydrogen-bond donors (Lipinski definition) is 2. The van der Waals surface area contributed by atoms with Crippen LogP contribution in [0.4, 0.5) is 0 Å². The molecule has 646 valence electrons. The van der Waals surface area contributed by atoms with E-state index in [9.17, 15) is 10.2 Å². The Morgan fingerprint density at radius 2 is 0.422 bits per heavy atom. The normalized spacial score (nSPS) is 27.6. The zero-order valence-electron chi connectivity index (χ0n) is 70.3. The average molecular weight is 1900 g/mol. The van der Waals surface area contributed by atoms with Crippen molar-refractivity contribution in [2.75, 3.05) is 126 Å². The molecule has 109 heavy (non-hydrogen) atoms. The number of aliphatic hydroxyl groups is 2. The highest BCUT2D eigenvalue weighted by molar-refractivity contribution is 7.04. The Labute approximate surface area is 672 Å². The van der Waals surface area contributed by atoms with Gasteiger partial charge in [0, 0.05) is 124 Å². The van der Waals surface area contributed by atoms with E-state index < -0.39 is 167 Å². The minimum Gasteiger partial charge on any atom is -0.401 e. The molecule has 0 aromatic rings. The molecule has 0 aromatic heterocycles. The minimum absolute atomic E-state index is 0.0331. The molecule has 0 aromatic carbocycles. The molecule has 8 atom stereocenters. The second-order valence-corrected chi connectivity index (χ2v) is 89.0. The van der Waals surface area contributed by atoms with Crippen molar-refractivity contribution in [2.45, 2.75) is 229 Å². The first-order valence-corrected chi connectivity index (χ1v) is 80.4. The van der Waals surface area contributed by atoms with E-state index in [2.05, 4.69) is 0 Å². The summed E-state index contributed by atoms with van der Waals surface area (Å²) < 4.78 is 246. The van der Waals surface area contributed by atoms with Gasteiger partial charge in [0.2, 0.25) is 0 Å². The maximum absolute atomic E-state index is 9.97. The van der Waals surface area contributed by atoms with Gasteiger partial charge < -0.3 is 155 Å². The van der Waals surface area contributed by atoms with E-state index in [1.807, 2.05) is 168 Å². The van der Waals surface area contributed by atoms with Crippen LogP contribution in [-0.2, 0) is 145 Å². The van der Waals surface area contributed by atoms with Crippen molar-refractivity contribution in [3.63, 3.8) is 0 Å². The summed E-state index contributed by atoms with van der Waals surface area (Å²) in [6.07, 6.45) is 0. The van der Waals surface area contributed by atoms with Gasteiger partial charge in [-0.25, -0.2) is 0 Å². The van der Waals surface area contributed by atoms with E-state index in [-0.39, 0.29) is 120 Å². The van der Waals surface area contributed by atoms with Gasteiger partial charge in [0.1, 0.15) is 0 Å². The summed E-state index contributed by atoms with van der Waals surface area (Å²) >= 11 is 0. The molecule has 6 aliphatic heterocycles. The third-order valence-electron chi connectivity index (χ3n) is 16.7. The summed E-state index contributed by atoms with van der Waals surface area (Å²) in [7, 11) is -81.4. The zero-order valence-corrected chi connectivity index (χ0v) is 89.7. The number of ether oxygens (including phenoxy) is 2. The van der Waals surface area contributed by atoms with Crippen molar-refractivity contribution in [1.82, 2.24) is 0 Å². The fourth-order valence-corrected chi connectivity index (χ4v) is 96.9. The van der Waals surface area contributed by atoms with Crippen molar-refractivity contribution in [2.24, 2.45) is 0 Å². The lowest BCUT2D eigenvalue weighted by atomic mass is 10.7. The fourth-order valence-electron chi connectivity index (χ4n) is 12.2. The van der Waals surface area contributed by atoms with Crippen LogP contribution in [0.1, 0.15) is 83.1 Å². The number of hydrogen-bond acceptors (Lipinski definition) is 36. The predicted molar refractivity (Wildman–Crippen MR) is 439 cm³/mol. The van der Waals surface area contributed by atoms with E-state index in [4.69, 9.17) is 145 Å². The monoisotopic (exact) mass is 1890 g/mol. The molecule has 55 heteroatoms. The number of aliphatic hydroxyl groups excluding tert-OH is 2. The summed E-state index contributed by atoms with van der Waals surface area (Å²) in [5.74, 6) is 0. The van der Waals surface area contributed by atoms with E-state index >= 15 is 0 Å². The molecule has 6 rings (SSSR count). The Hall–Kier alpha value is 2.68. The third kappa shape index (κ3) is 30.3. The van der Waals surface area contributed by atoms with Gasteiger partial charge in [0.05, 0.1) is 26.4 Å². The van der Waals surface area contributed by atoms with Crippen LogP contribution in [0.2, 0.25) is 146 Å². The van der Waals surface area contributed by atoms with Gasteiger partial charge in [0.25, 0.3) is 0 Å². The Kier molecular flexibility index (Phi) is 41.4. The Morgan fingerprint density at radius 3 is 0.596 bits per heavy atom. The molecule has 6 saturated heterocycles. The van der Waals surface area contributed by atoms with Gasteiger partial charge in [-0.2, -0.15) is 0 Å². The topological polar surface area (TPSA) is 354 Å². The highest BCUT2D eigenvalue weighted by atomic mass is 28.7. The van der Waals surface area contributed by atoms with E-state index in [0.717, 1.165) is 0 Å². The molecule has 6 aliphatic rings. The molecule has 0 amide bonds. The zero-order chi connectivity index (χ0) is 81.5. The third-order valence-corrected chi connectivity index (χ3v) is 85.8. The first-order chi connectivity index (χ1) is 51.0. The summed E-state index contributed by atoms with van der Waals surface area (Å²) in [5, 5.41) is 19.9. The molecule has 0 aliphatic carbocycles. The molecule has 6 fully saturated rings. The molecule has 0 radical (unpaired) electrons. The minimum atomic E-state index is -5.82. The second kappa shape index (κ2) is 44.1.